The van der Waals surface area contributed by atoms with Gasteiger partial charge in [0.1, 0.15) is 0 Å². The van der Waals surface area contributed by atoms with Crippen LogP contribution in [0.5, 0.6) is 0 Å². The summed E-state index contributed by atoms with van der Waals surface area (Å²) in [6.07, 6.45) is 7.01. The fraction of sp³-hybridized carbons (Fsp3) is 0.0741. The van der Waals surface area contributed by atoms with Crippen LogP contribution in [0.15, 0.2) is 203 Å². The summed E-state index contributed by atoms with van der Waals surface area (Å²) < 4.78 is 0. The molecule has 0 N–H and O–H groups in total. The third-order valence-corrected chi connectivity index (χ3v) is 14.7. The molecule has 0 amide bonds. The Labute approximate surface area is 346 Å². The van der Waals surface area contributed by atoms with Crippen molar-refractivity contribution in [1.29, 1.82) is 0 Å². The lowest BCUT2D eigenvalue weighted by Gasteiger charge is -2.39. The minimum atomic E-state index is -0.899. The highest BCUT2D eigenvalue weighted by Crippen LogP contribution is 2.63. The monoisotopic (exact) mass is 780 g/mol. The number of hydrogen-bond donors (Lipinski definition) is 0. The van der Waals surface area contributed by atoms with Crippen molar-refractivity contribution in [3.05, 3.63) is 210 Å². The second-order valence-corrected chi connectivity index (χ2v) is 21.3. The predicted molar refractivity (Wildman–Crippen MR) is 246 cm³/mol. The Kier molecular flexibility index (Phi) is 8.11. The van der Waals surface area contributed by atoms with Crippen LogP contribution < -0.4 is 0 Å². The summed E-state index contributed by atoms with van der Waals surface area (Å²) in [7, 11) is -0.899. The van der Waals surface area contributed by atoms with Crippen molar-refractivity contribution in [3.8, 4) is 56.2 Å². The Morgan fingerprint density at radius 3 is 1.69 bits per heavy atom. The van der Waals surface area contributed by atoms with Crippen molar-refractivity contribution in [3.63, 3.8) is 0 Å². The third-order valence-electron chi connectivity index (χ3n) is 11.9. The maximum atomic E-state index is 5.23. The van der Waals surface area contributed by atoms with Gasteiger partial charge in [-0.05, 0) is 115 Å². The molecule has 2 nitrogen and oxygen atoms in total. The fourth-order valence-corrected chi connectivity index (χ4v) is 11.4. The summed E-state index contributed by atoms with van der Waals surface area (Å²) in [4.78, 5) is 14.4. The average molecular weight is 781 g/mol. The zero-order valence-corrected chi connectivity index (χ0v) is 34.2. The lowest BCUT2D eigenvalue weighted by Crippen LogP contribution is -2.31. The van der Waals surface area contributed by atoms with E-state index in [9.17, 15) is 0 Å². The molecular weight excluding hydrogens is 741 g/mol. The second-order valence-electron chi connectivity index (χ2n) is 16.1. The third kappa shape index (κ3) is 5.50. The standard InChI is InChI=1S/C54H40N2S2/c1-58(2,3)41-18-13-17-39(33-41)49-34-48(35-15-5-4-6-16-35)55-53(56-49)40-30-28-36-31-38(29-27-37(36)32-40)42-20-14-24-47-52(42)43-19-7-8-21-44(43)54(47)45-22-9-11-25-50(45)57-51-26-12-10-23-46(51)54/h4-34H,1-3H3. The maximum absolute atomic E-state index is 5.23. The first-order valence-corrected chi connectivity index (χ1v) is 23.4. The molecule has 0 bridgehead atoms. The summed E-state index contributed by atoms with van der Waals surface area (Å²) >= 11 is 1.89. The molecule has 1 aliphatic heterocycles. The van der Waals surface area contributed by atoms with Crippen molar-refractivity contribution in [2.75, 3.05) is 18.8 Å². The van der Waals surface area contributed by atoms with Gasteiger partial charge in [-0.25, -0.2) is 20.0 Å². The zero-order chi connectivity index (χ0) is 39.0. The van der Waals surface area contributed by atoms with E-state index in [1.165, 1.54) is 64.6 Å². The first kappa shape index (κ1) is 35.0. The van der Waals surface area contributed by atoms with Crippen LogP contribution in [-0.4, -0.2) is 28.7 Å². The van der Waals surface area contributed by atoms with E-state index >= 15 is 0 Å². The number of aromatic nitrogens is 2. The van der Waals surface area contributed by atoms with E-state index in [4.69, 9.17) is 9.97 Å². The maximum Gasteiger partial charge on any atom is 0.160 e. The molecule has 1 aliphatic carbocycles. The van der Waals surface area contributed by atoms with Gasteiger partial charge in [0.25, 0.3) is 0 Å². The minimum absolute atomic E-state index is 0.394. The molecule has 0 atom stereocenters. The van der Waals surface area contributed by atoms with Gasteiger partial charge in [0.15, 0.2) is 5.82 Å². The molecule has 1 spiro atoms. The Morgan fingerprint density at radius 2 is 0.966 bits per heavy atom. The molecule has 4 heteroatoms. The highest BCUT2D eigenvalue weighted by atomic mass is 32.3. The molecule has 2 heterocycles. The van der Waals surface area contributed by atoms with E-state index in [2.05, 4.69) is 201 Å². The van der Waals surface area contributed by atoms with Crippen molar-refractivity contribution in [2.24, 2.45) is 0 Å². The summed E-state index contributed by atoms with van der Waals surface area (Å²) in [5.41, 5.74) is 15.2. The largest absolute Gasteiger partial charge is 0.228 e. The molecule has 58 heavy (non-hydrogen) atoms. The zero-order valence-electron chi connectivity index (χ0n) is 32.6. The molecule has 11 rings (SSSR count). The number of benzene rings is 8. The molecule has 1 aromatic heterocycles. The van der Waals surface area contributed by atoms with Gasteiger partial charge < -0.3 is 0 Å². The number of hydrogen-bond acceptors (Lipinski definition) is 3. The first-order chi connectivity index (χ1) is 28.4. The van der Waals surface area contributed by atoms with Crippen molar-refractivity contribution >= 4 is 32.6 Å². The van der Waals surface area contributed by atoms with Crippen LogP contribution in [0.2, 0.25) is 0 Å². The summed E-state index contributed by atoms with van der Waals surface area (Å²) in [6.45, 7) is 0. The lowest BCUT2D eigenvalue weighted by molar-refractivity contribution is 0.722. The Morgan fingerprint density at radius 1 is 0.414 bits per heavy atom. The van der Waals surface area contributed by atoms with Gasteiger partial charge in [-0.2, -0.15) is 0 Å². The van der Waals surface area contributed by atoms with Crippen LogP contribution in [0, 0.1) is 0 Å². The molecular formula is C54H40N2S2. The van der Waals surface area contributed by atoms with E-state index in [-0.39, 0.29) is 0 Å². The van der Waals surface area contributed by atoms with Crippen LogP contribution in [0.4, 0.5) is 0 Å². The van der Waals surface area contributed by atoms with Gasteiger partial charge in [-0.1, -0.05) is 163 Å². The average Bonchev–Trinajstić information content (AvgIpc) is 3.57. The highest BCUT2D eigenvalue weighted by Gasteiger charge is 2.50. The smallest absolute Gasteiger partial charge is 0.160 e. The molecule has 2 aliphatic rings. The van der Waals surface area contributed by atoms with E-state index < -0.39 is 15.4 Å². The van der Waals surface area contributed by atoms with Crippen LogP contribution in [-0.2, 0) is 5.41 Å². The van der Waals surface area contributed by atoms with Crippen LogP contribution in [0.25, 0.3) is 66.9 Å². The molecule has 278 valence electrons. The van der Waals surface area contributed by atoms with Crippen LogP contribution >= 0.6 is 21.8 Å². The molecule has 8 aromatic carbocycles. The van der Waals surface area contributed by atoms with Crippen molar-refractivity contribution in [1.82, 2.24) is 9.97 Å². The molecule has 0 radical (unpaired) electrons. The quantitative estimate of drug-likeness (QED) is 0.174. The minimum Gasteiger partial charge on any atom is -0.228 e. The topological polar surface area (TPSA) is 25.8 Å². The van der Waals surface area contributed by atoms with E-state index in [0.717, 1.165) is 39.3 Å². The van der Waals surface area contributed by atoms with Crippen LogP contribution in [0.1, 0.15) is 22.3 Å². The number of nitrogens with zero attached hydrogens (tertiary/aromatic N) is 2. The predicted octanol–water partition coefficient (Wildman–Crippen LogP) is 14.2. The van der Waals surface area contributed by atoms with Gasteiger partial charge in [0.2, 0.25) is 0 Å². The van der Waals surface area contributed by atoms with Crippen molar-refractivity contribution < 1.29 is 0 Å². The van der Waals surface area contributed by atoms with Crippen molar-refractivity contribution in [2.45, 2.75) is 20.1 Å². The lowest BCUT2D eigenvalue weighted by atomic mass is 9.67. The SMILES string of the molecule is CS(C)(C)c1cccc(-c2cc(-c3ccccc3)nc(-c3ccc4cc(-c5cccc6c5-c5ccccc5C65c6ccccc6Sc6ccccc65)ccc4c3)n2)c1. The molecule has 0 saturated carbocycles. The highest BCUT2D eigenvalue weighted by molar-refractivity contribution is 8.32. The molecule has 9 aromatic rings. The molecule has 0 unspecified atom stereocenters. The summed E-state index contributed by atoms with van der Waals surface area (Å²) in [5.74, 6) is 0.727. The first-order valence-electron chi connectivity index (χ1n) is 19.7. The fourth-order valence-electron chi connectivity index (χ4n) is 9.21. The van der Waals surface area contributed by atoms with E-state index in [1.54, 1.807) is 0 Å². The molecule has 0 saturated heterocycles. The van der Waals surface area contributed by atoms with Gasteiger partial charge in [0, 0.05) is 26.5 Å². The Hall–Kier alpha value is -6.20. The van der Waals surface area contributed by atoms with Gasteiger partial charge in [-0.3, -0.25) is 0 Å². The van der Waals surface area contributed by atoms with E-state index in [0.29, 0.717) is 0 Å². The summed E-state index contributed by atoms with van der Waals surface area (Å²) in [5, 5.41) is 2.34. The number of rotatable bonds is 5. The molecule has 0 fully saturated rings. The Bertz CT molecular complexity index is 3040. The van der Waals surface area contributed by atoms with Crippen LogP contribution in [0.3, 0.4) is 0 Å². The normalized spacial score (nSPS) is 13.8. The van der Waals surface area contributed by atoms with Gasteiger partial charge >= 0.3 is 0 Å². The second kappa shape index (κ2) is 13.4. The van der Waals surface area contributed by atoms with E-state index in [1.807, 2.05) is 17.8 Å². The van der Waals surface area contributed by atoms with Gasteiger partial charge in [-0.15, -0.1) is 0 Å². The number of fused-ring (bicyclic) bond motifs is 10. The van der Waals surface area contributed by atoms with Gasteiger partial charge in [0.05, 0.1) is 16.8 Å². The summed E-state index contributed by atoms with van der Waals surface area (Å²) in [6, 6.07) is 69.0. The Balaban J connectivity index is 1.05.